The number of nitrogens with zero attached hydrogens (tertiary/aromatic N) is 1. The van der Waals surface area contributed by atoms with Crippen LogP contribution in [0.25, 0.3) is 11.3 Å². The molecule has 3 aromatic carbocycles. The van der Waals surface area contributed by atoms with Crippen molar-refractivity contribution >= 4 is 38.1 Å². The molecule has 33 heavy (non-hydrogen) atoms. The highest BCUT2D eigenvalue weighted by molar-refractivity contribution is 7.92. The van der Waals surface area contributed by atoms with Crippen LogP contribution in [0.4, 0.5) is 10.8 Å². The Morgan fingerprint density at radius 1 is 0.939 bits per heavy atom. The van der Waals surface area contributed by atoms with Crippen LogP contribution in [-0.2, 0) is 10.0 Å². The molecule has 1 aromatic heterocycles. The first kappa shape index (κ1) is 21.0. The van der Waals surface area contributed by atoms with Gasteiger partial charge in [0.05, 0.1) is 21.8 Å². The molecule has 1 aliphatic rings. The fraction of sp³-hybridized carbons (Fsp3) is 0.0435. The summed E-state index contributed by atoms with van der Waals surface area (Å²) in [6.07, 6.45) is 0. The van der Waals surface area contributed by atoms with Gasteiger partial charge in [0.1, 0.15) is 0 Å². The van der Waals surface area contributed by atoms with E-state index in [9.17, 15) is 13.2 Å². The number of fused-ring (bicyclic) bond motifs is 1. The van der Waals surface area contributed by atoms with Crippen molar-refractivity contribution in [1.29, 1.82) is 0 Å². The summed E-state index contributed by atoms with van der Waals surface area (Å²) in [6, 6.07) is 19.9. The van der Waals surface area contributed by atoms with Gasteiger partial charge in [-0.3, -0.25) is 14.8 Å². The quantitative estimate of drug-likeness (QED) is 0.419. The van der Waals surface area contributed by atoms with Crippen LogP contribution in [0.1, 0.15) is 10.4 Å². The van der Waals surface area contributed by atoms with Crippen LogP contribution in [-0.4, -0.2) is 26.1 Å². The number of anilines is 2. The number of ether oxygens (including phenoxy) is 2. The van der Waals surface area contributed by atoms with Crippen LogP contribution >= 0.6 is 11.3 Å². The van der Waals surface area contributed by atoms with Gasteiger partial charge in [0.2, 0.25) is 6.79 Å². The summed E-state index contributed by atoms with van der Waals surface area (Å²) in [6.45, 7) is 0.185. The Hall–Kier alpha value is -3.89. The van der Waals surface area contributed by atoms with Crippen LogP contribution in [0.2, 0.25) is 0 Å². The van der Waals surface area contributed by atoms with Crippen molar-refractivity contribution in [1.82, 2.24) is 4.98 Å². The first-order chi connectivity index (χ1) is 16.0. The van der Waals surface area contributed by atoms with E-state index in [-0.39, 0.29) is 22.9 Å². The predicted molar refractivity (Wildman–Crippen MR) is 125 cm³/mol. The maximum atomic E-state index is 12.9. The molecule has 0 spiro atoms. The topological polar surface area (TPSA) is 107 Å². The van der Waals surface area contributed by atoms with Crippen LogP contribution in [0.15, 0.2) is 83.1 Å². The van der Waals surface area contributed by atoms with E-state index in [2.05, 4.69) is 15.0 Å². The number of amides is 1. The molecule has 2 heterocycles. The molecule has 8 nitrogen and oxygen atoms in total. The molecule has 1 amide bonds. The number of carbonyl (C=O) groups excluding carboxylic acids is 1. The summed E-state index contributed by atoms with van der Waals surface area (Å²) >= 11 is 1.26. The number of sulfonamides is 1. The van der Waals surface area contributed by atoms with Crippen molar-refractivity contribution in [2.24, 2.45) is 0 Å². The Bertz CT molecular complexity index is 1440. The minimum Gasteiger partial charge on any atom is -0.454 e. The highest BCUT2D eigenvalue weighted by Gasteiger charge is 2.20. The predicted octanol–water partition coefficient (Wildman–Crippen LogP) is 4.59. The fourth-order valence-electron chi connectivity index (χ4n) is 3.26. The number of nitrogens with one attached hydrogen (secondary N) is 2. The van der Waals surface area contributed by atoms with E-state index in [1.165, 1.54) is 29.5 Å². The highest BCUT2D eigenvalue weighted by atomic mass is 32.2. The van der Waals surface area contributed by atoms with Crippen molar-refractivity contribution in [2.45, 2.75) is 4.90 Å². The van der Waals surface area contributed by atoms with Gasteiger partial charge in [0.15, 0.2) is 16.6 Å². The Kier molecular flexibility index (Phi) is 5.45. The van der Waals surface area contributed by atoms with E-state index in [1.54, 1.807) is 36.4 Å². The zero-order valence-electron chi connectivity index (χ0n) is 17.0. The second-order valence-electron chi connectivity index (χ2n) is 7.02. The molecule has 2 N–H and O–H groups in total. The monoisotopic (exact) mass is 479 g/mol. The standard InChI is InChI=1S/C23H17N3O5S2/c27-22(17-8-4-5-9-18(17)26-33(28,29)16-6-2-1-3-7-16)25-23-24-19(13-32-23)15-10-11-20-21(12-15)31-14-30-20/h1-13,26H,14H2,(H,24,25,27). The van der Waals surface area contributed by atoms with E-state index >= 15 is 0 Å². The van der Waals surface area contributed by atoms with Gasteiger partial charge in [-0.1, -0.05) is 30.3 Å². The molecule has 1 aliphatic heterocycles. The van der Waals surface area contributed by atoms with E-state index in [4.69, 9.17) is 9.47 Å². The number of benzene rings is 3. The lowest BCUT2D eigenvalue weighted by molar-refractivity contribution is 0.102. The van der Waals surface area contributed by atoms with Gasteiger partial charge in [0, 0.05) is 10.9 Å². The van der Waals surface area contributed by atoms with Crippen LogP contribution in [0, 0.1) is 0 Å². The summed E-state index contributed by atoms with van der Waals surface area (Å²) in [5.41, 5.74) is 1.85. The molecule has 0 bridgehead atoms. The molecule has 10 heteroatoms. The third kappa shape index (κ3) is 4.38. The summed E-state index contributed by atoms with van der Waals surface area (Å²) in [5.74, 6) is 0.843. The molecule has 0 fully saturated rings. The van der Waals surface area contributed by atoms with E-state index in [0.29, 0.717) is 22.3 Å². The average Bonchev–Trinajstić information content (AvgIpc) is 3.48. The number of aromatic nitrogens is 1. The number of rotatable bonds is 6. The number of para-hydroxylation sites is 1. The highest BCUT2D eigenvalue weighted by Crippen LogP contribution is 2.36. The van der Waals surface area contributed by atoms with Gasteiger partial charge < -0.3 is 9.47 Å². The Morgan fingerprint density at radius 3 is 2.55 bits per heavy atom. The zero-order valence-corrected chi connectivity index (χ0v) is 18.7. The lowest BCUT2D eigenvalue weighted by Gasteiger charge is -2.12. The lowest BCUT2D eigenvalue weighted by Crippen LogP contribution is -2.18. The Balaban J connectivity index is 1.35. The molecule has 0 atom stereocenters. The van der Waals surface area contributed by atoms with E-state index < -0.39 is 15.9 Å². The van der Waals surface area contributed by atoms with Crippen molar-refractivity contribution < 1.29 is 22.7 Å². The molecular formula is C23H17N3O5S2. The smallest absolute Gasteiger partial charge is 0.261 e. The summed E-state index contributed by atoms with van der Waals surface area (Å²) in [4.78, 5) is 17.5. The summed E-state index contributed by atoms with van der Waals surface area (Å²) in [7, 11) is -3.84. The molecule has 0 aliphatic carbocycles. The molecular weight excluding hydrogens is 462 g/mol. The second kappa shape index (κ2) is 8.57. The van der Waals surface area contributed by atoms with Gasteiger partial charge in [-0.2, -0.15) is 0 Å². The van der Waals surface area contributed by atoms with E-state index in [0.717, 1.165) is 5.56 Å². The minimum atomic E-state index is -3.84. The fourth-order valence-corrected chi connectivity index (χ4v) is 5.07. The minimum absolute atomic E-state index is 0.105. The molecule has 5 rings (SSSR count). The SMILES string of the molecule is O=C(Nc1nc(-c2ccc3c(c2)OCO3)cs1)c1ccccc1NS(=O)(=O)c1ccccc1. The Morgan fingerprint density at radius 2 is 1.70 bits per heavy atom. The molecule has 0 unspecified atom stereocenters. The number of carbonyl (C=O) groups is 1. The summed E-state index contributed by atoms with van der Waals surface area (Å²) in [5, 5.41) is 4.94. The maximum Gasteiger partial charge on any atom is 0.261 e. The van der Waals surface area contributed by atoms with Gasteiger partial charge in [-0.25, -0.2) is 13.4 Å². The van der Waals surface area contributed by atoms with Crippen molar-refractivity contribution in [2.75, 3.05) is 16.8 Å². The third-order valence-corrected chi connectivity index (χ3v) is 7.00. The molecule has 0 saturated carbocycles. The molecule has 0 saturated heterocycles. The van der Waals surface area contributed by atoms with Crippen molar-refractivity contribution in [3.8, 4) is 22.8 Å². The number of thiazole rings is 1. The third-order valence-electron chi connectivity index (χ3n) is 4.86. The first-order valence-corrected chi connectivity index (χ1v) is 12.2. The lowest BCUT2D eigenvalue weighted by atomic mass is 10.1. The van der Waals surface area contributed by atoms with Crippen LogP contribution in [0.5, 0.6) is 11.5 Å². The first-order valence-electron chi connectivity index (χ1n) is 9.83. The number of hydrogen-bond acceptors (Lipinski definition) is 7. The van der Waals surface area contributed by atoms with Crippen LogP contribution < -0.4 is 19.5 Å². The second-order valence-corrected chi connectivity index (χ2v) is 9.56. The summed E-state index contributed by atoms with van der Waals surface area (Å²) < 4.78 is 38.6. The van der Waals surface area contributed by atoms with Crippen molar-refractivity contribution in [3.05, 3.63) is 83.7 Å². The van der Waals surface area contributed by atoms with Crippen molar-refractivity contribution in [3.63, 3.8) is 0 Å². The maximum absolute atomic E-state index is 12.9. The van der Waals surface area contributed by atoms with E-state index in [1.807, 2.05) is 23.6 Å². The van der Waals surface area contributed by atoms with Gasteiger partial charge in [-0.15, -0.1) is 11.3 Å². The largest absolute Gasteiger partial charge is 0.454 e. The number of hydrogen-bond donors (Lipinski definition) is 2. The van der Waals surface area contributed by atoms with Crippen LogP contribution in [0.3, 0.4) is 0 Å². The zero-order chi connectivity index (χ0) is 22.8. The average molecular weight is 480 g/mol. The van der Waals surface area contributed by atoms with Gasteiger partial charge in [-0.05, 0) is 42.5 Å². The van der Waals surface area contributed by atoms with Gasteiger partial charge >= 0.3 is 0 Å². The molecule has 166 valence electrons. The Labute approximate surface area is 193 Å². The van der Waals surface area contributed by atoms with Gasteiger partial charge in [0.25, 0.3) is 15.9 Å². The molecule has 0 radical (unpaired) electrons. The normalized spacial score (nSPS) is 12.4. The molecule has 4 aromatic rings.